The molecule has 5 heteroatoms. The Morgan fingerprint density at radius 3 is 2.36 bits per heavy atom. The maximum Gasteiger partial charge on any atom is 0.129 e. The number of hydrogen-bond acceptors (Lipinski definition) is 5. The van der Waals surface area contributed by atoms with Gasteiger partial charge < -0.3 is 9.80 Å². The molecule has 0 atom stereocenters. The third-order valence-electron chi connectivity index (χ3n) is 4.79. The van der Waals surface area contributed by atoms with E-state index in [1.807, 2.05) is 18.3 Å². The topological polar surface area (TPSA) is 32.3 Å². The number of rotatable bonds is 3. The van der Waals surface area contributed by atoms with E-state index in [9.17, 15) is 0 Å². The quantitative estimate of drug-likeness (QED) is 0.667. The molecule has 1 fully saturated rings. The van der Waals surface area contributed by atoms with Crippen LogP contribution in [-0.4, -0.2) is 42.4 Å². The van der Waals surface area contributed by atoms with Gasteiger partial charge in [-0.25, -0.2) is 9.97 Å². The minimum absolute atomic E-state index is 0.969. The monoisotopic (exact) mass is 350 g/mol. The van der Waals surface area contributed by atoms with Crippen LogP contribution in [0.3, 0.4) is 0 Å². The number of fused-ring (bicyclic) bond motifs is 1. The number of anilines is 2. The third-order valence-corrected chi connectivity index (χ3v) is 5.51. The molecule has 25 heavy (non-hydrogen) atoms. The number of benzene rings is 1. The highest BCUT2D eigenvalue weighted by molar-refractivity contribution is 7.98. The van der Waals surface area contributed by atoms with Gasteiger partial charge >= 0.3 is 0 Å². The van der Waals surface area contributed by atoms with Gasteiger partial charge in [0.25, 0.3) is 0 Å². The first-order chi connectivity index (χ1) is 12.2. The molecular formula is C20H22N4S. The predicted molar refractivity (Wildman–Crippen MR) is 107 cm³/mol. The molecular weight excluding hydrogens is 328 g/mol. The first kappa shape index (κ1) is 16.2. The number of hydrogen-bond donors (Lipinski definition) is 0. The van der Waals surface area contributed by atoms with Crippen LogP contribution in [-0.2, 0) is 0 Å². The van der Waals surface area contributed by atoms with Crippen molar-refractivity contribution in [2.45, 2.75) is 11.8 Å². The minimum atomic E-state index is 0.969. The second-order valence-electron chi connectivity index (χ2n) is 6.34. The largest absolute Gasteiger partial charge is 0.353 e. The van der Waals surface area contributed by atoms with Crippen molar-refractivity contribution in [1.82, 2.24) is 9.97 Å². The highest BCUT2D eigenvalue weighted by Crippen LogP contribution is 2.27. The van der Waals surface area contributed by atoms with E-state index in [1.165, 1.54) is 15.8 Å². The second-order valence-corrected chi connectivity index (χ2v) is 7.22. The molecule has 1 aliphatic heterocycles. The third kappa shape index (κ3) is 3.29. The van der Waals surface area contributed by atoms with Crippen molar-refractivity contribution in [2.75, 3.05) is 42.2 Å². The zero-order valence-electron chi connectivity index (χ0n) is 14.6. The number of piperazine rings is 1. The van der Waals surface area contributed by atoms with Gasteiger partial charge in [0.1, 0.15) is 11.6 Å². The SMILES string of the molecule is CSc1ccc2c(C)cc(N3CCN(c4ccccn4)CC3)nc2c1. The van der Waals surface area contributed by atoms with Crippen molar-refractivity contribution in [3.8, 4) is 0 Å². The molecule has 0 N–H and O–H groups in total. The van der Waals surface area contributed by atoms with Crippen LogP contribution in [0.15, 0.2) is 53.6 Å². The second kappa shape index (κ2) is 6.92. The van der Waals surface area contributed by atoms with E-state index >= 15 is 0 Å². The summed E-state index contributed by atoms with van der Waals surface area (Å²) >= 11 is 1.76. The number of aryl methyl sites for hydroxylation is 1. The number of nitrogens with zero attached hydrogens (tertiary/aromatic N) is 4. The van der Waals surface area contributed by atoms with Crippen molar-refractivity contribution in [1.29, 1.82) is 0 Å². The molecule has 0 bridgehead atoms. The van der Waals surface area contributed by atoms with Gasteiger partial charge in [0.05, 0.1) is 5.52 Å². The molecule has 1 aliphatic rings. The Balaban J connectivity index is 1.56. The summed E-state index contributed by atoms with van der Waals surface area (Å²) in [5.41, 5.74) is 2.38. The molecule has 1 saturated heterocycles. The van der Waals surface area contributed by atoms with E-state index in [2.05, 4.69) is 58.3 Å². The smallest absolute Gasteiger partial charge is 0.129 e. The summed E-state index contributed by atoms with van der Waals surface area (Å²) in [5, 5.41) is 1.24. The van der Waals surface area contributed by atoms with E-state index in [1.54, 1.807) is 11.8 Å². The predicted octanol–water partition coefficient (Wildman–Crippen LogP) is 3.99. The molecule has 4 rings (SSSR count). The van der Waals surface area contributed by atoms with E-state index in [0.717, 1.165) is 43.3 Å². The van der Waals surface area contributed by atoms with Gasteiger partial charge in [0.15, 0.2) is 0 Å². The lowest BCUT2D eigenvalue weighted by atomic mass is 10.1. The summed E-state index contributed by atoms with van der Waals surface area (Å²) in [6.45, 7) is 6.06. The highest BCUT2D eigenvalue weighted by atomic mass is 32.2. The van der Waals surface area contributed by atoms with Gasteiger partial charge in [-0.2, -0.15) is 0 Å². The van der Waals surface area contributed by atoms with Crippen molar-refractivity contribution in [2.24, 2.45) is 0 Å². The molecule has 0 amide bonds. The molecule has 1 aromatic carbocycles. The lowest BCUT2D eigenvalue weighted by molar-refractivity contribution is 0.642. The van der Waals surface area contributed by atoms with Crippen LogP contribution in [0.5, 0.6) is 0 Å². The van der Waals surface area contributed by atoms with E-state index < -0.39 is 0 Å². The van der Waals surface area contributed by atoms with Crippen LogP contribution in [0.2, 0.25) is 0 Å². The fourth-order valence-electron chi connectivity index (χ4n) is 3.36. The lowest BCUT2D eigenvalue weighted by Crippen LogP contribution is -2.47. The zero-order valence-corrected chi connectivity index (χ0v) is 15.5. The van der Waals surface area contributed by atoms with Crippen molar-refractivity contribution < 1.29 is 0 Å². The Morgan fingerprint density at radius 2 is 1.68 bits per heavy atom. The van der Waals surface area contributed by atoms with Crippen LogP contribution in [0, 0.1) is 6.92 Å². The Kier molecular flexibility index (Phi) is 4.49. The molecule has 0 spiro atoms. The van der Waals surface area contributed by atoms with Gasteiger partial charge in [0, 0.05) is 42.7 Å². The average Bonchev–Trinajstić information content (AvgIpc) is 2.68. The summed E-state index contributed by atoms with van der Waals surface area (Å²) in [6, 6.07) is 14.9. The molecule has 0 aliphatic carbocycles. The highest BCUT2D eigenvalue weighted by Gasteiger charge is 2.19. The standard InChI is InChI=1S/C20H22N4S/c1-15-13-20(22-18-14-16(25-2)6-7-17(15)18)24-11-9-23(10-12-24)19-5-3-4-8-21-19/h3-8,13-14H,9-12H2,1-2H3. The molecule has 0 unspecified atom stereocenters. The fourth-order valence-corrected chi connectivity index (χ4v) is 3.79. The van der Waals surface area contributed by atoms with Crippen LogP contribution < -0.4 is 9.80 Å². The summed E-state index contributed by atoms with van der Waals surface area (Å²) in [4.78, 5) is 15.4. The Bertz CT molecular complexity index is 874. The fraction of sp³-hybridized carbons (Fsp3) is 0.300. The summed E-state index contributed by atoms with van der Waals surface area (Å²) in [5.74, 6) is 2.15. The average molecular weight is 350 g/mol. The van der Waals surface area contributed by atoms with Crippen molar-refractivity contribution >= 4 is 34.3 Å². The summed E-state index contributed by atoms with van der Waals surface area (Å²) < 4.78 is 0. The molecule has 3 aromatic rings. The van der Waals surface area contributed by atoms with Crippen LogP contribution in [0.1, 0.15) is 5.56 Å². The molecule has 4 nitrogen and oxygen atoms in total. The van der Waals surface area contributed by atoms with E-state index in [4.69, 9.17) is 4.98 Å². The molecule has 128 valence electrons. The minimum Gasteiger partial charge on any atom is -0.353 e. The van der Waals surface area contributed by atoms with Gasteiger partial charge in [-0.15, -0.1) is 11.8 Å². The summed E-state index contributed by atoms with van der Waals surface area (Å²) in [7, 11) is 0. The van der Waals surface area contributed by atoms with Crippen molar-refractivity contribution in [3.63, 3.8) is 0 Å². The van der Waals surface area contributed by atoms with Gasteiger partial charge in [-0.3, -0.25) is 0 Å². The molecule has 0 radical (unpaired) electrons. The Labute approximate surface area is 152 Å². The number of thioether (sulfide) groups is 1. The Morgan fingerprint density at radius 1 is 0.920 bits per heavy atom. The molecule has 2 aromatic heterocycles. The molecule has 3 heterocycles. The molecule has 0 saturated carbocycles. The van der Waals surface area contributed by atoms with Crippen LogP contribution in [0.4, 0.5) is 11.6 Å². The zero-order chi connectivity index (χ0) is 17.2. The lowest BCUT2D eigenvalue weighted by Gasteiger charge is -2.36. The number of aromatic nitrogens is 2. The van der Waals surface area contributed by atoms with Gasteiger partial charge in [-0.05, 0) is 49.1 Å². The maximum absolute atomic E-state index is 4.94. The van der Waals surface area contributed by atoms with E-state index in [0.29, 0.717) is 0 Å². The van der Waals surface area contributed by atoms with Crippen LogP contribution in [0.25, 0.3) is 10.9 Å². The Hall–Kier alpha value is -2.27. The maximum atomic E-state index is 4.94. The van der Waals surface area contributed by atoms with Crippen molar-refractivity contribution in [3.05, 3.63) is 54.2 Å². The first-order valence-corrected chi connectivity index (χ1v) is 9.83. The normalized spacial score (nSPS) is 15.0. The summed E-state index contributed by atoms with van der Waals surface area (Å²) in [6.07, 6.45) is 3.97. The van der Waals surface area contributed by atoms with Crippen LogP contribution >= 0.6 is 11.8 Å². The van der Waals surface area contributed by atoms with Gasteiger partial charge in [-0.1, -0.05) is 12.1 Å². The first-order valence-electron chi connectivity index (χ1n) is 8.61. The van der Waals surface area contributed by atoms with Gasteiger partial charge in [0.2, 0.25) is 0 Å². The van der Waals surface area contributed by atoms with E-state index in [-0.39, 0.29) is 0 Å². The number of pyridine rings is 2.